The molecule has 2 N–H and O–H groups in total. The summed E-state index contributed by atoms with van der Waals surface area (Å²) < 4.78 is 0. The second-order valence-corrected chi connectivity index (χ2v) is 7.08. The van der Waals surface area contributed by atoms with Crippen LogP contribution in [0.2, 0.25) is 0 Å². The number of hydrogen-bond donors (Lipinski definition) is 2. The third-order valence-corrected chi connectivity index (χ3v) is 4.83. The lowest BCUT2D eigenvalue weighted by Crippen LogP contribution is -2.18. The fourth-order valence-corrected chi connectivity index (χ4v) is 3.50. The molecule has 0 aliphatic carbocycles. The Balaban J connectivity index is 0.00000210. The van der Waals surface area contributed by atoms with Crippen molar-refractivity contribution < 1.29 is 0 Å². The van der Waals surface area contributed by atoms with E-state index in [0.29, 0.717) is 0 Å². The maximum absolute atomic E-state index is 4.44. The van der Waals surface area contributed by atoms with Gasteiger partial charge in [-0.25, -0.2) is 9.97 Å². The quantitative estimate of drug-likeness (QED) is 0.353. The van der Waals surface area contributed by atoms with Crippen molar-refractivity contribution in [3.05, 3.63) is 47.9 Å². The molecule has 30 heavy (non-hydrogen) atoms. The van der Waals surface area contributed by atoms with Crippen LogP contribution < -0.4 is 0 Å². The van der Waals surface area contributed by atoms with Crippen molar-refractivity contribution in [3.63, 3.8) is 0 Å². The van der Waals surface area contributed by atoms with E-state index >= 15 is 0 Å². The lowest BCUT2D eigenvalue weighted by molar-refractivity contribution is 0.321. The summed E-state index contributed by atoms with van der Waals surface area (Å²) in [4.78, 5) is 18.0. The molecule has 0 bridgehead atoms. The van der Waals surface area contributed by atoms with Crippen LogP contribution in [-0.4, -0.2) is 38.4 Å². The molecule has 5 nitrogen and oxygen atoms in total. The maximum Gasteiger partial charge on any atom is 0.178 e. The topological polar surface area (TPSA) is 60.6 Å². The molecule has 0 spiro atoms. The largest absolute Gasteiger partial charge is 0.354 e. The smallest absolute Gasteiger partial charge is 0.178 e. The van der Waals surface area contributed by atoms with E-state index in [1.807, 2.05) is 19.2 Å². The number of benzene rings is 1. The van der Waals surface area contributed by atoms with Gasteiger partial charge in [0.15, 0.2) is 5.65 Å². The third-order valence-electron chi connectivity index (χ3n) is 4.83. The first-order chi connectivity index (χ1) is 12.6. The van der Waals surface area contributed by atoms with Gasteiger partial charge in [-0.1, -0.05) is 49.1 Å². The summed E-state index contributed by atoms with van der Waals surface area (Å²) in [5.74, 6) is 0.883. The van der Waals surface area contributed by atoms with E-state index in [9.17, 15) is 0 Å². The van der Waals surface area contributed by atoms with Gasteiger partial charge in [0, 0.05) is 34.9 Å². The molecule has 4 aromatic rings. The lowest BCUT2D eigenvalue weighted by atomic mass is 10.1. The van der Waals surface area contributed by atoms with Gasteiger partial charge in [-0.05, 0) is 56.8 Å². The highest BCUT2D eigenvalue weighted by Crippen LogP contribution is 2.29. The molecular formula is C25H41N5. The van der Waals surface area contributed by atoms with Crippen LogP contribution >= 0.6 is 0 Å². The Morgan fingerprint density at radius 1 is 1.00 bits per heavy atom. The average molecular weight is 412 g/mol. The van der Waals surface area contributed by atoms with Gasteiger partial charge >= 0.3 is 0 Å². The van der Waals surface area contributed by atoms with Crippen molar-refractivity contribution >= 4 is 22.1 Å². The second kappa shape index (κ2) is 11.5. The Labute approximate surface area is 183 Å². The molecule has 0 aliphatic heterocycles. The Bertz CT molecular complexity index is 1040. The third kappa shape index (κ3) is 5.48. The number of nitrogens with one attached hydrogen (secondary N) is 2. The van der Waals surface area contributed by atoms with Crippen LogP contribution in [-0.2, 0) is 6.54 Å². The zero-order chi connectivity index (χ0) is 18.1. The Morgan fingerprint density at radius 2 is 1.77 bits per heavy atom. The summed E-state index contributed by atoms with van der Waals surface area (Å²) in [7, 11) is 2.19. The number of rotatable bonds is 6. The molecule has 0 amide bonds. The molecule has 0 saturated carbocycles. The normalized spacial score (nSPS) is 10.3. The standard InChI is InChI=1S/C21H25N5.4CH4/c1-4-5-10-26(3)13-15-6-7-18-16(11-15)12-19(25-18)17-8-9-22-21-20(17)23-14(2)24-21;;;;/h6-9,11-12,25H,4-5,10,13H2,1-3H3,(H,22,23,24);4*1H4. The van der Waals surface area contributed by atoms with Crippen LogP contribution in [0.15, 0.2) is 36.5 Å². The van der Waals surface area contributed by atoms with E-state index in [1.54, 1.807) is 0 Å². The van der Waals surface area contributed by atoms with E-state index in [0.717, 1.165) is 46.9 Å². The monoisotopic (exact) mass is 411 g/mol. The van der Waals surface area contributed by atoms with Crippen LogP contribution in [0, 0.1) is 6.92 Å². The van der Waals surface area contributed by atoms with Gasteiger partial charge in [-0.2, -0.15) is 0 Å². The molecule has 3 aromatic heterocycles. The molecule has 0 unspecified atom stereocenters. The fourth-order valence-electron chi connectivity index (χ4n) is 3.50. The van der Waals surface area contributed by atoms with Crippen molar-refractivity contribution in [3.8, 4) is 11.3 Å². The minimum Gasteiger partial charge on any atom is -0.354 e. The summed E-state index contributed by atoms with van der Waals surface area (Å²) in [5.41, 5.74) is 6.44. The number of pyridine rings is 1. The highest BCUT2D eigenvalue weighted by atomic mass is 15.1. The minimum absolute atomic E-state index is 0. The second-order valence-electron chi connectivity index (χ2n) is 7.08. The van der Waals surface area contributed by atoms with Crippen molar-refractivity contribution in [2.24, 2.45) is 0 Å². The molecule has 1 aromatic carbocycles. The number of nitrogens with zero attached hydrogens (tertiary/aromatic N) is 3. The molecule has 0 fully saturated rings. The van der Waals surface area contributed by atoms with Crippen LogP contribution in [0.5, 0.6) is 0 Å². The Hall–Kier alpha value is -2.66. The van der Waals surface area contributed by atoms with Crippen molar-refractivity contribution in [2.45, 2.75) is 62.9 Å². The number of H-pyrrole nitrogens is 2. The van der Waals surface area contributed by atoms with E-state index < -0.39 is 0 Å². The molecule has 4 rings (SSSR count). The summed E-state index contributed by atoms with van der Waals surface area (Å²) in [6, 6.07) is 10.9. The number of fused-ring (bicyclic) bond motifs is 2. The van der Waals surface area contributed by atoms with Crippen molar-refractivity contribution in [2.75, 3.05) is 13.6 Å². The predicted octanol–water partition coefficient (Wildman–Crippen LogP) is 7.19. The van der Waals surface area contributed by atoms with Crippen LogP contribution in [0.4, 0.5) is 0 Å². The van der Waals surface area contributed by atoms with Crippen LogP contribution in [0.3, 0.4) is 0 Å². The van der Waals surface area contributed by atoms with Crippen LogP contribution in [0.25, 0.3) is 33.3 Å². The van der Waals surface area contributed by atoms with E-state index in [-0.39, 0.29) is 29.7 Å². The first kappa shape index (κ1) is 27.3. The Morgan fingerprint density at radius 3 is 2.50 bits per heavy atom. The lowest BCUT2D eigenvalue weighted by Gasteiger charge is -2.16. The number of hydrogen-bond acceptors (Lipinski definition) is 3. The number of aromatic nitrogens is 4. The average Bonchev–Trinajstić information content (AvgIpc) is 3.21. The van der Waals surface area contributed by atoms with Gasteiger partial charge in [0.25, 0.3) is 0 Å². The van der Waals surface area contributed by atoms with Crippen LogP contribution in [0.1, 0.15) is 60.9 Å². The molecule has 0 saturated heterocycles. The highest BCUT2D eigenvalue weighted by Gasteiger charge is 2.11. The maximum atomic E-state index is 4.44. The first-order valence-corrected chi connectivity index (χ1v) is 9.26. The van der Waals surface area contributed by atoms with Crippen molar-refractivity contribution in [1.29, 1.82) is 0 Å². The van der Waals surface area contributed by atoms with E-state index in [2.05, 4.69) is 63.1 Å². The summed E-state index contributed by atoms with van der Waals surface area (Å²) >= 11 is 0. The number of imidazole rings is 1. The van der Waals surface area contributed by atoms with Gasteiger partial charge in [-0.3, -0.25) is 0 Å². The predicted molar refractivity (Wildman–Crippen MR) is 134 cm³/mol. The van der Waals surface area contributed by atoms with E-state index in [1.165, 1.54) is 23.8 Å². The summed E-state index contributed by atoms with van der Waals surface area (Å²) in [6.07, 6.45) is 4.30. The molecule has 0 aliphatic rings. The molecule has 3 heterocycles. The zero-order valence-electron chi connectivity index (χ0n) is 15.6. The SMILES string of the molecule is C.C.C.C.CCCCN(C)Cc1ccc2[nH]c(-c3ccnc4nc(C)[nH]c34)cc2c1. The van der Waals surface area contributed by atoms with Gasteiger partial charge in [0.1, 0.15) is 5.82 Å². The highest BCUT2D eigenvalue weighted by molar-refractivity contribution is 5.94. The fraction of sp³-hybridized carbons (Fsp3) is 0.440. The first-order valence-electron chi connectivity index (χ1n) is 9.26. The summed E-state index contributed by atoms with van der Waals surface area (Å²) in [6.45, 7) is 6.31. The van der Waals surface area contributed by atoms with Gasteiger partial charge in [0.2, 0.25) is 0 Å². The van der Waals surface area contributed by atoms with Crippen molar-refractivity contribution in [1.82, 2.24) is 24.8 Å². The van der Waals surface area contributed by atoms with E-state index in [4.69, 9.17) is 0 Å². The minimum atomic E-state index is 0. The number of unbranched alkanes of at least 4 members (excludes halogenated alkanes) is 1. The molecule has 0 radical (unpaired) electrons. The zero-order valence-corrected chi connectivity index (χ0v) is 15.6. The summed E-state index contributed by atoms with van der Waals surface area (Å²) in [5, 5.41) is 1.24. The Kier molecular flexibility index (Phi) is 10.5. The molecule has 0 atom stereocenters. The van der Waals surface area contributed by atoms with Gasteiger partial charge in [0.05, 0.1) is 5.52 Å². The molecule has 5 heteroatoms. The van der Waals surface area contributed by atoms with Gasteiger partial charge < -0.3 is 14.9 Å². The van der Waals surface area contributed by atoms with Gasteiger partial charge in [-0.15, -0.1) is 0 Å². The molecular weight excluding hydrogens is 370 g/mol. The molecule has 166 valence electrons. The number of aromatic amines is 2. The number of aryl methyl sites for hydroxylation is 1.